The van der Waals surface area contributed by atoms with E-state index in [4.69, 9.17) is 9.15 Å². The molecule has 0 radical (unpaired) electrons. The second-order valence-electron chi connectivity index (χ2n) is 6.05. The smallest absolute Gasteiger partial charge is 0.410 e. The van der Waals surface area contributed by atoms with Gasteiger partial charge >= 0.3 is 6.09 Å². The van der Waals surface area contributed by atoms with Crippen molar-refractivity contribution >= 4 is 11.9 Å². The van der Waals surface area contributed by atoms with Gasteiger partial charge in [-0.05, 0) is 33.6 Å². The second-order valence-corrected chi connectivity index (χ2v) is 6.05. The van der Waals surface area contributed by atoms with E-state index in [0.29, 0.717) is 25.3 Å². The predicted octanol–water partition coefficient (Wildman–Crippen LogP) is 2.21. The van der Waals surface area contributed by atoms with Gasteiger partial charge in [-0.15, -0.1) is 10.2 Å². The Morgan fingerprint density at radius 2 is 2.10 bits per heavy atom. The van der Waals surface area contributed by atoms with Gasteiger partial charge in [0.25, 0.3) is 5.89 Å². The van der Waals surface area contributed by atoms with E-state index in [9.17, 15) is 9.59 Å². The number of aryl methyl sites for hydroxylation is 1. The van der Waals surface area contributed by atoms with Gasteiger partial charge in [-0.25, -0.2) is 4.79 Å². The Kier molecular flexibility index (Phi) is 4.29. The van der Waals surface area contributed by atoms with Crippen LogP contribution in [-0.2, 0) is 11.2 Å². The van der Waals surface area contributed by atoms with E-state index < -0.39 is 17.7 Å². The minimum atomic E-state index is -0.590. The molecule has 0 N–H and O–H groups in total. The monoisotopic (exact) mass is 295 g/mol. The number of carbonyl (C=O) groups is 2. The van der Waals surface area contributed by atoms with Crippen LogP contribution in [-0.4, -0.2) is 45.2 Å². The molecule has 0 unspecified atom stereocenters. The zero-order valence-corrected chi connectivity index (χ0v) is 12.9. The summed E-state index contributed by atoms with van der Waals surface area (Å²) in [5.41, 5.74) is -0.590. The maximum absolute atomic E-state index is 12.4. The largest absolute Gasteiger partial charge is 0.444 e. The summed E-state index contributed by atoms with van der Waals surface area (Å²) in [4.78, 5) is 26.0. The van der Waals surface area contributed by atoms with Gasteiger partial charge in [-0.1, -0.05) is 6.92 Å². The third kappa shape index (κ3) is 3.59. The zero-order chi connectivity index (χ0) is 15.6. The molecule has 7 nitrogen and oxygen atoms in total. The van der Waals surface area contributed by atoms with Crippen LogP contribution < -0.4 is 0 Å². The number of carbonyl (C=O) groups excluding carboxylic acids is 2. The minimum Gasteiger partial charge on any atom is -0.444 e. The van der Waals surface area contributed by atoms with E-state index in [1.165, 1.54) is 4.90 Å². The first-order chi connectivity index (χ1) is 9.81. The van der Waals surface area contributed by atoms with Gasteiger partial charge in [0.1, 0.15) is 11.6 Å². The highest BCUT2D eigenvalue weighted by Gasteiger charge is 2.38. The number of hydrogen-bond donors (Lipinski definition) is 0. The highest BCUT2D eigenvalue weighted by molar-refractivity contribution is 5.98. The molecule has 1 amide bonds. The molecule has 21 heavy (non-hydrogen) atoms. The lowest BCUT2D eigenvalue weighted by molar-refractivity contribution is 0.0218. The molecule has 0 spiro atoms. The molecule has 1 aliphatic heterocycles. The molecule has 116 valence electrons. The van der Waals surface area contributed by atoms with Crippen LogP contribution in [0.4, 0.5) is 4.79 Å². The van der Waals surface area contributed by atoms with Crippen LogP contribution in [0.2, 0.25) is 0 Å². The number of aromatic nitrogens is 2. The predicted molar refractivity (Wildman–Crippen MR) is 74.0 cm³/mol. The van der Waals surface area contributed by atoms with E-state index in [2.05, 4.69) is 10.2 Å². The van der Waals surface area contributed by atoms with E-state index in [-0.39, 0.29) is 11.7 Å². The van der Waals surface area contributed by atoms with Gasteiger partial charge in [-0.2, -0.15) is 0 Å². The molecule has 1 aromatic rings. The fraction of sp³-hybridized carbons (Fsp3) is 0.714. The van der Waals surface area contributed by atoms with E-state index in [0.717, 1.165) is 6.42 Å². The van der Waals surface area contributed by atoms with Gasteiger partial charge in [0.2, 0.25) is 11.7 Å². The molecular weight excluding hydrogens is 274 g/mol. The third-order valence-corrected chi connectivity index (χ3v) is 3.16. The lowest BCUT2D eigenvalue weighted by Crippen LogP contribution is -2.43. The molecular formula is C14H21N3O4. The first kappa shape index (κ1) is 15.5. The van der Waals surface area contributed by atoms with Crippen LogP contribution in [0, 0.1) is 0 Å². The van der Waals surface area contributed by atoms with E-state index >= 15 is 0 Å². The summed E-state index contributed by atoms with van der Waals surface area (Å²) in [6, 6.07) is -0.579. The molecule has 0 aliphatic carbocycles. The van der Waals surface area contributed by atoms with Crippen molar-refractivity contribution in [3.63, 3.8) is 0 Å². The minimum absolute atomic E-state index is 0.0349. The molecule has 1 atom stereocenters. The summed E-state index contributed by atoms with van der Waals surface area (Å²) in [6.45, 7) is 7.75. The molecule has 7 heteroatoms. The normalized spacial score (nSPS) is 18.9. The summed E-state index contributed by atoms with van der Waals surface area (Å²) >= 11 is 0. The Morgan fingerprint density at radius 1 is 1.38 bits per heavy atom. The average molecular weight is 295 g/mol. The number of amides is 1. The SMILES string of the molecule is CCc1nnc(C(=O)[C@@H]2CCCN2C(=O)OC(C)(C)C)o1. The highest BCUT2D eigenvalue weighted by atomic mass is 16.6. The molecule has 1 aliphatic rings. The van der Waals surface area contributed by atoms with Crippen LogP contribution in [0.1, 0.15) is 57.1 Å². The topological polar surface area (TPSA) is 85.5 Å². The van der Waals surface area contributed by atoms with Gasteiger partial charge in [0, 0.05) is 13.0 Å². The van der Waals surface area contributed by atoms with Gasteiger partial charge in [-0.3, -0.25) is 9.69 Å². The molecule has 1 fully saturated rings. The standard InChI is InChI=1S/C14H21N3O4/c1-5-10-15-16-12(20-10)11(18)9-7-6-8-17(9)13(19)21-14(2,3)4/h9H,5-8H2,1-4H3/t9-/m0/s1. The van der Waals surface area contributed by atoms with Gasteiger partial charge in [0.05, 0.1) is 0 Å². The van der Waals surface area contributed by atoms with Crippen molar-refractivity contribution in [3.05, 3.63) is 11.8 Å². The van der Waals surface area contributed by atoms with Crippen LogP contribution in [0.3, 0.4) is 0 Å². The molecule has 2 rings (SSSR count). The lowest BCUT2D eigenvalue weighted by atomic mass is 10.1. The van der Waals surface area contributed by atoms with Crippen molar-refractivity contribution in [2.75, 3.05) is 6.54 Å². The van der Waals surface area contributed by atoms with Gasteiger partial charge < -0.3 is 9.15 Å². The van der Waals surface area contributed by atoms with Crippen LogP contribution in [0.5, 0.6) is 0 Å². The third-order valence-electron chi connectivity index (χ3n) is 3.16. The molecule has 0 bridgehead atoms. The number of nitrogens with zero attached hydrogens (tertiary/aromatic N) is 3. The van der Waals surface area contributed by atoms with Crippen LogP contribution in [0.25, 0.3) is 0 Å². The van der Waals surface area contributed by atoms with Crippen molar-refractivity contribution in [2.24, 2.45) is 0 Å². The first-order valence-electron chi connectivity index (χ1n) is 7.18. The Hall–Kier alpha value is -1.92. The summed E-state index contributed by atoms with van der Waals surface area (Å²) in [6.07, 6.45) is 1.43. The Morgan fingerprint density at radius 3 is 2.67 bits per heavy atom. The van der Waals surface area contributed by atoms with Crippen molar-refractivity contribution in [1.82, 2.24) is 15.1 Å². The summed E-state index contributed by atoms with van der Waals surface area (Å²) in [5, 5.41) is 7.54. The summed E-state index contributed by atoms with van der Waals surface area (Å²) in [5.74, 6) is 0.0676. The highest BCUT2D eigenvalue weighted by Crippen LogP contribution is 2.23. The summed E-state index contributed by atoms with van der Waals surface area (Å²) < 4.78 is 10.6. The quantitative estimate of drug-likeness (QED) is 0.795. The van der Waals surface area contributed by atoms with Crippen molar-refractivity contribution in [2.45, 2.75) is 58.6 Å². The van der Waals surface area contributed by atoms with E-state index in [1.807, 2.05) is 6.92 Å². The maximum atomic E-state index is 12.4. The van der Waals surface area contributed by atoms with Crippen molar-refractivity contribution < 1.29 is 18.7 Å². The molecule has 1 saturated heterocycles. The number of likely N-dealkylation sites (tertiary alicyclic amines) is 1. The number of rotatable bonds is 3. The van der Waals surface area contributed by atoms with Crippen LogP contribution >= 0.6 is 0 Å². The molecule has 1 aromatic heterocycles. The van der Waals surface area contributed by atoms with Crippen molar-refractivity contribution in [3.8, 4) is 0 Å². The summed E-state index contributed by atoms with van der Waals surface area (Å²) in [7, 11) is 0. The van der Waals surface area contributed by atoms with Crippen LogP contribution in [0.15, 0.2) is 4.42 Å². The number of ketones is 1. The number of ether oxygens (including phenoxy) is 1. The molecule has 0 aromatic carbocycles. The fourth-order valence-electron chi connectivity index (χ4n) is 2.22. The molecule has 0 saturated carbocycles. The van der Waals surface area contributed by atoms with E-state index in [1.54, 1.807) is 20.8 Å². The molecule has 2 heterocycles. The second kappa shape index (κ2) is 5.83. The Balaban J connectivity index is 2.11. The lowest BCUT2D eigenvalue weighted by Gasteiger charge is -2.27. The Labute approximate surface area is 123 Å². The maximum Gasteiger partial charge on any atom is 0.410 e. The zero-order valence-electron chi connectivity index (χ0n) is 12.9. The Bertz CT molecular complexity index is 533. The van der Waals surface area contributed by atoms with Crippen molar-refractivity contribution in [1.29, 1.82) is 0 Å². The fourth-order valence-corrected chi connectivity index (χ4v) is 2.22. The average Bonchev–Trinajstić information content (AvgIpc) is 3.05. The number of Topliss-reactive ketones (excluding diaryl/α,β-unsaturated/α-hetero) is 1. The number of hydrogen-bond acceptors (Lipinski definition) is 6. The first-order valence-corrected chi connectivity index (χ1v) is 7.18. The van der Waals surface area contributed by atoms with Gasteiger partial charge in [0.15, 0.2) is 0 Å².